The Bertz CT molecular complexity index is 760. The molecule has 0 radical (unpaired) electrons. The maximum Gasteiger partial charge on any atom is 0.262 e. The van der Waals surface area contributed by atoms with Gasteiger partial charge in [-0.05, 0) is 53.5 Å². The van der Waals surface area contributed by atoms with Gasteiger partial charge in [-0.2, -0.15) is 0 Å². The van der Waals surface area contributed by atoms with Crippen LogP contribution in [0.2, 0.25) is 5.02 Å². The lowest BCUT2D eigenvalue weighted by Crippen LogP contribution is -2.14. The quantitative estimate of drug-likeness (QED) is 0.858. The van der Waals surface area contributed by atoms with Gasteiger partial charge in [-0.15, -0.1) is 0 Å². The number of aryl methyl sites for hydroxylation is 2. The van der Waals surface area contributed by atoms with Gasteiger partial charge in [0, 0.05) is 0 Å². The molecule has 0 fully saturated rings. The van der Waals surface area contributed by atoms with E-state index in [1.165, 1.54) is 0 Å². The van der Waals surface area contributed by atoms with Gasteiger partial charge in [0.25, 0.3) is 10.0 Å². The van der Waals surface area contributed by atoms with Gasteiger partial charge in [0.1, 0.15) is 0 Å². The molecule has 2 rings (SSSR count). The van der Waals surface area contributed by atoms with Gasteiger partial charge in [0.15, 0.2) is 0 Å². The van der Waals surface area contributed by atoms with E-state index in [1.807, 2.05) is 13.0 Å². The summed E-state index contributed by atoms with van der Waals surface area (Å²) in [5.74, 6) is 0. The molecule has 0 unspecified atom stereocenters. The largest absolute Gasteiger partial charge is 0.278 e. The van der Waals surface area contributed by atoms with Crippen LogP contribution in [0.4, 0.5) is 5.69 Å². The minimum atomic E-state index is -3.64. The normalized spacial score (nSPS) is 11.4. The third kappa shape index (κ3) is 3.16. The summed E-state index contributed by atoms with van der Waals surface area (Å²) in [6.07, 6.45) is 0. The van der Waals surface area contributed by atoms with Crippen LogP contribution in [0.1, 0.15) is 11.1 Å². The van der Waals surface area contributed by atoms with Crippen molar-refractivity contribution in [2.24, 2.45) is 0 Å². The summed E-state index contributed by atoms with van der Waals surface area (Å²) in [6, 6.07) is 10.2. The number of anilines is 1. The van der Waals surface area contributed by atoms with Crippen LogP contribution in [0.5, 0.6) is 0 Å². The molecule has 0 aromatic heterocycles. The minimum absolute atomic E-state index is 0.259. The Kier molecular flexibility index (Phi) is 4.42. The fraction of sp³-hybridized carbons (Fsp3) is 0.143. The van der Waals surface area contributed by atoms with Gasteiger partial charge in [-0.25, -0.2) is 8.42 Å². The number of rotatable bonds is 3. The summed E-state index contributed by atoms with van der Waals surface area (Å²) in [7, 11) is -3.64. The fourth-order valence-electron chi connectivity index (χ4n) is 1.88. The molecule has 0 bridgehead atoms. The van der Waals surface area contributed by atoms with E-state index in [-0.39, 0.29) is 4.90 Å². The highest BCUT2D eigenvalue weighted by Crippen LogP contribution is 2.32. The number of benzene rings is 2. The smallest absolute Gasteiger partial charge is 0.262 e. The molecule has 106 valence electrons. The van der Waals surface area contributed by atoms with Crippen LogP contribution in [-0.4, -0.2) is 8.42 Å². The molecule has 0 amide bonds. The summed E-state index contributed by atoms with van der Waals surface area (Å²) in [5, 5.41) is 0.450. The predicted molar refractivity (Wildman–Crippen MR) is 85.9 cm³/mol. The lowest BCUT2D eigenvalue weighted by atomic mass is 10.2. The standard InChI is InChI=1S/C14H13BrClNO2S/c1-9-6-7-13(10(2)8-9)20(18,19)17-12-5-3-4-11(16)14(12)15/h3-8,17H,1-2H3. The van der Waals surface area contributed by atoms with Crippen molar-refractivity contribution in [2.45, 2.75) is 18.7 Å². The van der Waals surface area contributed by atoms with Crippen molar-refractivity contribution in [1.29, 1.82) is 0 Å². The topological polar surface area (TPSA) is 46.2 Å². The van der Waals surface area contributed by atoms with E-state index in [2.05, 4.69) is 20.7 Å². The molecule has 0 aliphatic carbocycles. The van der Waals surface area contributed by atoms with Crippen LogP contribution >= 0.6 is 27.5 Å². The van der Waals surface area contributed by atoms with Crippen LogP contribution in [0.15, 0.2) is 45.8 Å². The van der Waals surface area contributed by atoms with Crippen LogP contribution < -0.4 is 4.72 Å². The third-order valence-electron chi connectivity index (χ3n) is 2.82. The second-order valence-corrected chi connectivity index (χ2v) is 7.33. The lowest BCUT2D eigenvalue weighted by Gasteiger charge is -2.12. The highest BCUT2D eigenvalue weighted by Gasteiger charge is 2.18. The molecule has 1 N–H and O–H groups in total. The highest BCUT2D eigenvalue weighted by molar-refractivity contribution is 9.10. The summed E-state index contributed by atoms with van der Waals surface area (Å²) in [4.78, 5) is 0.259. The molecule has 0 heterocycles. The van der Waals surface area contributed by atoms with Crippen molar-refractivity contribution in [3.05, 3.63) is 57.0 Å². The predicted octanol–water partition coefficient (Wildman–Crippen LogP) is 4.52. The Labute approximate surface area is 132 Å². The van der Waals surface area contributed by atoms with Crippen molar-refractivity contribution in [1.82, 2.24) is 0 Å². The highest BCUT2D eigenvalue weighted by atomic mass is 79.9. The maximum absolute atomic E-state index is 12.4. The SMILES string of the molecule is Cc1ccc(S(=O)(=O)Nc2cccc(Cl)c2Br)c(C)c1. The average Bonchev–Trinajstić information content (AvgIpc) is 2.34. The van der Waals surface area contributed by atoms with Crippen molar-refractivity contribution in [3.63, 3.8) is 0 Å². The molecular weight excluding hydrogens is 362 g/mol. The number of hydrogen-bond donors (Lipinski definition) is 1. The molecule has 20 heavy (non-hydrogen) atoms. The monoisotopic (exact) mass is 373 g/mol. The molecule has 0 atom stereocenters. The lowest BCUT2D eigenvalue weighted by molar-refractivity contribution is 0.600. The summed E-state index contributed by atoms with van der Waals surface area (Å²) in [6.45, 7) is 3.69. The molecule has 0 saturated heterocycles. The van der Waals surface area contributed by atoms with E-state index < -0.39 is 10.0 Å². The molecule has 0 saturated carbocycles. The van der Waals surface area contributed by atoms with E-state index in [0.29, 0.717) is 20.7 Å². The average molecular weight is 375 g/mol. The van der Waals surface area contributed by atoms with Crippen LogP contribution in [0.25, 0.3) is 0 Å². The van der Waals surface area contributed by atoms with Gasteiger partial charge in [0.05, 0.1) is 20.1 Å². The minimum Gasteiger partial charge on any atom is -0.278 e. The Morgan fingerprint density at radius 2 is 1.85 bits per heavy atom. The number of halogens is 2. The zero-order valence-corrected chi connectivity index (χ0v) is 14.1. The van der Waals surface area contributed by atoms with Crippen LogP contribution in [0.3, 0.4) is 0 Å². The second kappa shape index (κ2) is 5.76. The maximum atomic E-state index is 12.4. The second-order valence-electron chi connectivity index (χ2n) is 4.48. The molecule has 0 aliphatic rings. The molecule has 2 aromatic rings. The van der Waals surface area contributed by atoms with E-state index in [4.69, 9.17) is 11.6 Å². The Balaban J connectivity index is 2.44. The van der Waals surface area contributed by atoms with Gasteiger partial charge in [-0.3, -0.25) is 4.72 Å². The van der Waals surface area contributed by atoms with Gasteiger partial charge < -0.3 is 0 Å². The van der Waals surface area contributed by atoms with Gasteiger partial charge in [0.2, 0.25) is 0 Å². The fourth-order valence-corrected chi connectivity index (χ4v) is 3.85. The van der Waals surface area contributed by atoms with Crippen molar-refractivity contribution < 1.29 is 8.42 Å². The zero-order chi connectivity index (χ0) is 14.9. The molecule has 2 aromatic carbocycles. The van der Waals surface area contributed by atoms with E-state index in [1.54, 1.807) is 37.3 Å². The molecule has 0 aliphatic heterocycles. The first-order valence-electron chi connectivity index (χ1n) is 5.85. The van der Waals surface area contributed by atoms with Crippen molar-refractivity contribution >= 4 is 43.2 Å². The first-order valence-corrected chi connectivity index (χ1v) is 8.51. The molecule has 3 nitrogen and oxygen atoms in total. The van der Waals surface area contributed by atoms with Crippen LogP contribution in [-0.2, 0) is 10.0 Å². The van der Waals surface area contributed by atoms with Crippen molar-refractivity contribution in [3.8, 4) is 0 Å². The van der Waals surface area contributed by atoms with Gasteiger partial charge >= 0.3 is 0 Å². The van der Waals surface area contributed by atoms with E-state index >= 15 is 0 Å². The molecule has 6 heteroatoms. The Hall–Kier alpha value is -1.04. The first-order chi connectivity index (χ1) is 9.31. The third-order valence-corrected chi connectivity index (χ3v) is 5.74. The van der Waals surface area contributed by atoms with Gasteiger partial charge in [-0.1, -0.05) is 35.4 Å². The van der Waals surface area contributed by atoms with Crippen molar-refractivity contribution in [2.75, 3.05) is 4.72 Å². The zero-order valence-electron chi connectivity index (χ0n) is 10.9. The van der Waals surface area contributed by atoms with Crippen LogP contribution in [0, 0.1) is 13.8 Å². The summed E-state index contributed by atoms with van der Waals surface area (Å²) >= 11 is 9.24. The number of sulfonamides is 1. The Morgan fingerprint density at radius 3 is 2.50 bits per heavy atom. The summed E-state index contributed by atoms with van der Waals surface area (Å²) in [5.41, 5.74) is 2.14. The number of hydrogen-bond acceptors (Lipinski definition) is 2. The Morgan fingerprint density at radius 1 is 1.15 bits per heavy atom. The van der Waals surface area contributed by atoms with E-state index in [9.17, 15) is 8.42 Å². The first kappa shape index (κ1) is 15.4. The molecule has 0 spiro atoms. The number of nitrogens with one attached hydrogen (secondary N) is 1. The van der Waals surface area contributed by atoms with E-state index in [0.717, 1.165) is 5.56 Å². The summed E-state index contributed by atoms with van der Waals surface area (Å²) < 4.78 is 27.9. The molecular formula is C14H13BrClNO2S.